The lowest BCUT2D eigenvalue weighted by Gasteiger charge is -2.07. The van der Waals surface area contributed by atoms with Gasteiger partial charge in [0.1, 0.15) is 5.82 Å². The Morgan fingerprint density at radius 3 is 2.70 bits per heavy atom. The van der Waals surface area contributed by atoms with Gasteiger partial charge in [-0.1, -0.05) is 25.6 Å². The van der Waals surface area contributed by atoms with Crippen molar-refractivity contribution < 1.29 is 0 Å². The van der Waals surface area contributed by atoms with Gasteiger partial charge in [0.15, 0.2) is 5.16 Å². The summed E-state index contributed by atoms with van der Waals surface area (Å²) >= 11 is 1.69. The Morgan fingerprint density at radius 2 is 2.10 bits per heavy atom. The highest BCUT2D eigenvalue weighted by Crippen LogP contribution is 2.22. The molecule has 0 atom stereocenters. The zero-order chi connectivity index (χ0) is 14.5. The van der Waals surface area contributed by atoms with Crippen molar-refractivity contribution in [2.24, 2.45) is 12.8 Å². The van der Waals surface area contributed by atoms with Crippen LogP contribution < -0.4 is 5.73 Å². The van der Waals surface area contributed by atoms with Gasteiger partial charge >= 0.3 is 0 Å². The fourth-order valence-electron chi connectivity index (χ4n) is 2.04. The largest absolute Gasteiger partial charge is 0.324 e. The average molecular weight is 294 g/mol. The van der Waals surface area contributed by atoms with E-state index in [0.717, 1.165) is 41.8 Å². The van der Waals surface area contributed by atoms with Crippen molar-refractivity contribution in [3.05, 3.63) is 23.3 Å². The molecule has 2 heterocycles. The zero-order valence-electron chi connectivity index (χ0n) is 12.3. The summed E-state index contributed by atoms with van der Waals surface area (Å²) in [6.07, 6.45) is 2.01. The van der Waals surface area contributed by atoms with Crippen molar-refractivity contribution in [3.8, 4) is 0 Å². The molecule has 0 aliphatic rings. The Hall–Kier alpha value is -1.34. The predicted octanol–water partition coefficient (Wildman–Crippen LogP) is 1.74. The standard InChI is InChI=1S/C13H22N6S/c1-4-6-19-12(8-14)15-16-13(19)20-9-11-7-10(5-2)17-18(11)3/h7H,4-6,8-9,14H2,1-3H3. The minimum absolute atomic E-state index is 0.430. The number of nitrogens with two attached hydrogens (primary N) is 1. The van der Waals surface area contributed by atoms with Crippen LogP contribution in [0.3, 0.4) is 0 Å². The first-order chi connectivity index (χ1) is 9.69. The van der Waals surface area contributed by atoms with Crippen LogP contribution in [0.2, 0.25) is 0 Å². The molecule has 2 aromatic rings. The monoisotopic (exact) mass is 294 g/mol. The van der Waals surface area contributed by atoms with Crippen molar-refractivity contribution in [2.45, 2.75) is 50.7 Å². The molecule has 0 aliphatic heterocycles. The number of hydrogen-bond acceptors (Lipinski definition) is 5. The van der Waals surface area contributed by atoms with Crippen molar-refractivity contribution >= 4 is 11.8 Å². The van der Waals surface area contributed by atoms with E-state index in [9.17, 15) is 0 Å². The molecule has 0 amide bonds. The number of aryl methyl sites for hydroxylation is 2. The molecule has 6 nitrogen and oxygen atoms in total. The van der Waals surface area contributed by atoms with Crippen LogP contribution in [0.1, 0.15) is 37.5 Å². The fourth-order valence-corrected chi connectivity index (χ4v) is 3.04. The summed E-state index contributed by atoms with van der Waals surface area (Å²) < 4.78 is 4.05. The first kappa shape index (κ1) is 15.1. The predicted molar refractivity (Wildman–Crippen MR) is 80.4 cm³/mol. The third-order valence-electron chi connectivity index (χ3n) is 3.16. The number of rotatable bonds is 7. The minimum atomic E-state index is 0.430. The molecule has 2 rings (SSSR count). The van der Waals surface area contributed by atoms with Gasteiger partial charge in [0, 0.05) is 25.0 Å². The molecule has 0 fully saturated rings. The van der Waals surface area contributed by atoms with Gasteiger partial charge in [-0.25, -0.2) is 0 Å². The SMILES string of the molecule is CCCn1c(CN)nnc1SCc1cc(CC)nn1C. The summed E-state index contributed by atoms with van der Waals surface area (Å²) in [6.45, 7) is 5.60. The quantitative estimate of drug-likeness (QED) is 0.787. The summed E-state index contributed by atoms with van der Waals surface area (Å²) in [5.74, 6) is 1.70. The highest BCUT2D eigenvalue weighted by molar-refractivity contribution is 7.98. The van der Waals surface area contributed by atoms with Gasteiger partial charge in [-0.15, -0.1) is 10.2 Å². The third-order valence-corrected chi connectivity index (χ3v) is 4.16. The molecule has 0 saturated heterocycles. The van der Waals surface area contributed by atoms with E-state index in [1.54, 1.807) is 11.8 Å². The first-order valence-electron chi connectivity index (χ1n) is 6.96. The van der Waals surface area contributed by atoms with Crippen LogP contribution in [0.5, 0.6) is 0 Å². The summed E-state index contributed by atoms with van der Waals surface area (Å²) in [7, 11) is 1.98. The van der Waals surface area contributed by atoms with E-state index in [2.05, 4.69) is 39.8 Å². The Balaban J connectivity index is 2.10. The highest BCUT2D eigenvalue weighted by atomic mass is 32.2. The highest BCUT2D eigenvalue weighted by Gasteiger charge is 2.12. The number of nitrogens with zero attached hydrogens (tertiary/aromatic N) is 5. The molecule has 7 heteroatoms. The number of aromatic nitrogens is 5. The molecule has 0 aromatic carbocycles. The number of thioether (sulfide) groups is 1. The van der Waals surface area contributed by atoms with E-state index >= 15 is 0 Å². The van der Waals surface area contributed by atoms with Gasteiger partial charge in [-0.05, 0) is 18.9 Å². The summed E-state index contributed by atoms with van der Waals surface area (Å²) in [6, 6.07) is 2.15. The van der Waals surface area contributed by atoms with Crippen molar-refractivity contribution in [2.75, 3.05) is 0 Å². The Bertz CT molecular complexity index is 559. The minimum Gasteiger partial charge on any atom is -0.324 e. The van der Waals surface area contributed by atoms with E-state index in [0.29, 0.717) is 6.54 Å². The van der Waals surface area contributed by atoms with Gasteiger partial charge in [0.05, 0.1) is 12.2 Å². The fraction of sp³-hybridized carbons (Fsp3) is 0.615. The number of hydrogen-bond donors (Lipinski definition) is 1. The topological polar surface area (TPSA) is 74.6 Å². The second-order valence-electron chi connectivity index (χ2n) is 4.65. The lowest BCUT2D eigenvalue weighted by atomic mass is 10.3. The van der Waals surface area contributed by atoms with Crippen LogP contribution in [0.25, 0.3) is 0 Å². The molecule has 0 unspecified atom stereocenters. The molecular formula is C13H22N6S. The van der Waals surface area contributed by atoms with Crippen LogP contribution in [0, 0.1) is 0 Å². The molecule has 0 radical (unpaired) electrons. The van der Waals surface area contributed by atoms with Gasteiger partial charge in [0.2, 0.25) is 0 Å². The van der Waals surface area contributed by atoms with Crippen molar-refractivity contribution in [3.63, 3.8) is 0 Å². The molecule has 2 aromatic heterocycles. The van der Waals surface area contributed by atoms with Crippen LogP contribution in [-0.4, -0.2) is 24.5 Å². The summed E-state index contributed by atoms with van der Waals surface area (Å²) in [5, 5.41) is 13.8. The van der Waals surface area contributed by atoms with E-state index in [1.165, 1.54) is 5.69 Å². The van der Waals surface area contributed by atoms with Gasteiger partial charge in [-0.2, -0.15) is 5.10 Å². The average Bonchev–Trinajstić information content (AvgIpc) is 3.00. The first-order valence-corrected chi connectivity index (χ1v) is 7.94. The molecule has 0 aliphatic carbocycles. The van der Waals surface area contributed by atoms with Crippen molar-refractivity contribution in [1.29, 1.82) is 0 Å². The van der Waals surface area contributed by atoms with E-state index in [-0.39, 0.29) is 0 Å². The normalized spacial score (nSPS) is 11.2. The lowest BCUT2D eigenvalue weighted by molar-refractivity contribution is 0.592. The van der Waals surface area contributed by atoms with Crippen LogP contribution in [-0.2, 0) is 32.3 Å². The van der Waals surface area contributed by atoms with E-state index in [1.807, 2.05) is 11.7 Å². The van der Waals surface area contributed by atoms with Gasteiger partial charge in [-0.3, -0.25) is 4.68 Å². The molecule has 2 N–H and O–H groups in total. The maximum Gasteiger partial charge on any atom is 0.191 e. The lowest BCUT2D eigenvalue weighted by Crippen LogP contribution is -2.09. The molecule has 0 saturated carbocycles. The second-order valence-corrected chi connectivity index (χ2v) is 5.59. The third kappa shape index (κ3) is 3.21. The molecule has 110 valence electrons. The van der Waals surface area contributed by atoms with E-state index < -0.39 is 0 Å². The van der Waals surface area contributed by atoms with Gasteiger partial charge < -0.3 is 10.3 Å². The summed E-state index contributed by atoms with van der Waals surface area (Å²) in [4.78, 5) is 0. The Labute approximate surface area is 123 Å². The second kappa shape index (κ2) is 6.90. The van der Waals surface area contributed by atoms with E-state index in [4.69, 9.17) is 5.73 Å². The Morgan fingerprint density at radius 1 is 1.30 bits per heavy atom. The molecule has 0 spiro atoms. The molecular weight excluding hydrogens is 272 g/mol. The zero-order valence-corrected chi connectivity index (χ0v) is 13.2. The maximum atomic E-state index is 5.70. The Kier molecular flexibility index (Phi) is 5.19. The van der Waals surface area contributed by atoms with Crippen LogP contribution in [0.15, 0.2) is 11.2 Å². The van der Waals surface area contributed by atoms with Crippen LogP contribution >= 0.6 is 11.8 Å². The smallest absolute Gasteiger partial charge is 0.191 e. The van der Waals surface area contributed by atoms with Crippen molar-refractivity contribution in [1.82, 2.24) is 24.5 Å². The molecule has 20 heavy (non-hydrogen) atoms. The molecule has 0 bridgehead atoms. The van der Waals surface area contributed by atoms with Crippen LogP contribution in [0.4, 0.5) is 0 Å². The summed E-state index contributed by atoms with van der Waals surface area (Å²) in [5.41, 5.74) is 8.03. The maximum absolute atomic E-state index is 5.70. The van der Waals surface area contributed by atoms with Gasteiger partial charge in [0.25, 0.3) is 0 Å².